The highest BCUT2D eigenvalue weighted by Crippen LogP contribution is 2.27. The Morgan fingerprint density at radius 1 is 1.30 bits per heavy atom. The van der Waals surface area contributed by atoms with E-state index in [1.54, 1.807) is 24.4 Å². The second kappa shape index (κ2) is 6.94. The molecule has 1 aromatic carbocycles. The first-order valence-electron chi connectivity index (χ1n) is 8.95. The van der Waals surface area contributed by atoms with Crippen LogP contribution in [0.5, 0.6) is 5.75 Å². The van der Waals surface area contributed by atoms with E-state index < -0.39 is 10.0 Å². The number of amides is 1. The molecule has 4 rings (SSSR count). The predicted molar refractivity (Wildman–Crippen MR) is 99.2 cm³/mol. The number of benzene rings is 1. The maximum Gasteiger partial charge on any atom is 0.251 e. The summed E-state index contributed by atoms with van der Waals surface area (Å²) < 4.78 is 33.4. The van der Waals surface area contributed by atoms with Gasteiger partial charge in [0.2, 0.25) is 10.0 Å². The summed E-state index contributed by atoms with van der Waals surface area (Å²) in [6.07, 6.45) is 2.80. The van der Waals surface area contributed by atoms with Crippen LogP contribution in [0.25, 0.3) is 0 Å². The Labute approximate surface area is 158 Å². The number of aromatic nitrogens is 1. The van der Waals surface area contributed by atoms with Crippen LogP contribution in [0.1, 0.15) is 28.0 Å². The average molecular weight is 387 g/mol. The minimum absolute atomic E-state index is 0.150. The summed E-state index contributed by atoms with van der Waals surface area (Å²) in [6.45, 7) is 3.10. The number of nitrogens with zero attached hydrogens (tertiary/aromatic N) is 2. The van der Waals surface area contributed by atoms with Crippen LogP contribution in [0.15, 0.2) is 41.4 Å². The molecule has 1 fully saturated rings. The highest BCUT2D eigenvalue weighted by atomic mass is 32.2. The Balaban J connectivity index is 1.52. The largest absolute Gasteiger partial charge is 0.487 e. The van der Waals surface area contributed by atoms with Gasteiger partial charge in [0.05, 0.1) is 17.1 Å². The molecular formula is C19H21N3O4S. The maximum absolute atomic E-state index is 13.0. The molecule has 7 nitrogen and oxygen atoms in total. The molecule has 2 aromatic rings. The van der Waals surface area contributed by atoms with E-state index in [0.29, 0.717) is 37.2 Å². The highest BCUT2D eigenvalue weighted by molar-refractivity contribution is 7.89. The molecule has 2 aliphatic heterocycles. The number of rotatable bonds is 4. The number of ether oxygens (including phenoxy) is 1. The molecule has 1 amide bonds. The Morgan fingerprint density at radius 3 is 2.96 bits per heavy atom. The fourth-order valence-electron chi connectivity index (χ4n) is 3.49. The molecule has 1 saturated heterocycles. The lowest BCUT2D eigenvalue weighted by molar-refractivity contribution is 0.0945. The monoisotopic (exact) mass is 387 g/mol. The van der Waals surface area contributed by atoms with Crippen LogP contribution in [0, 0.1) is 6.92 Å². The van der Waals surface area contributed by atoms with Crippen LogP contribution in [-0.2, 0) is 16.4 Å². The summed E-state index contributed by atoms with van der Waals surface area (Å²) in [6, 6.07) is 8.44. The zero-order chi connectivity index (χ0) is 19.0. The molecule has 1 aromatic heterocycles. The van der Waals surface area contributed by atoms with Gasteiger partial charge in [0, 0.05) is 24.8 Å². The summed E-state index contributed by atoms with van der Waals surface area (Å²) in [7, 11) is -3.67. The van der Waals surface area contributed by atoms with Crippen LogP contribution in [0.3, 0.4) is 0 Å². The summed E-state index contributed by atoms with van der Waals surface area (Å²) in [4.78, 5) is 16.4. The van der Waals surface area contributed by atoms with Crippen molar-refractivity contribution in [1.29, 1.82) is 0 Å². The van der Waals surface area contributed by atoms with E-state index in [2.05, 4.69) is 10.3 Å². The van der Waals surface area contributed by atoms with E-state index in [-0.39, 0.29) is 23.5 Å². The number of hydrogen-bond acceptors (Lipinski definition) is 5. The van der Waals surface area contributed by atoms with Crippen molar-refractivity contribution >= 4 is 15.9 Å². The Morgan fingerprint density at radius 2 is 2.15 bits per heavy atom. The van der Waals surface area contributed by atoms with E-state index in [1.165, 1.54) is 10.4 Å². The molecule has 0 spiro atoms. The van der Waals surface area contributed by atoms with Gasteiger partial charge in [0.1, 0.15) is 11.9 Å². The van der Waals surface area contributed by atoms with Crippen LogP contribution in [0.4, 0.5) is 0 Å². The number of pyridine rings is 1. The van der Waals surface area contributed by atoms with Gasteiger partial charge in [-0.25, -0.2) is 8.42 Å². The third-order valence-corrected chi connectivity index (χ3v) is 6.86. The highest BCUT2D eigenvalue weighted by Gasteiger charge is 2.34. The number of carbonyl (C=O) groups is 1. The first-order valence-corrected chi connectivity index (χ1v) is 10.4. The van der Waals surface area contributed by atoms with Crippen LogP contribution < -0.4 is 10.1 Å². The summed E-state index contributed by atoms with van der Waals surface area (Å²) in [5, 5.41) is 2.75. The average Bonchev–Trinajstić information content (AvgIpc) is 3.13. The molecule has 0 bridgehead atoms. The van der Waals surface area contributed by atoms with Gasteiger partial charge in [-0.15, -0.1) is 0 Å². The van der Waals surface area contributed by atoms with Crippen molar-refractivity contribution in [3.8, 4) is 5.75 Å². The SMILES string of the molecule is Cc1ncccc1O[C@@H]1CCN(S(=O)(=O)c2ccc3c(c2)C(=O)NCC3)C1. The number of hydrogen-bond donors (Lipinski definition) is 1. The first kappa shape index (κ1) is 17.9. The third-order valence-electron chi connectivity index (χ3n) is 5.00. The van der Waals surface area contributed by atoms with Crippen LogP contribution in [-0.4, -0.2) is 49.4 Å². The number of carbonyl (C=O) groups excluding carboxylic acids is 1. The van der Waals surface area contributed by atoms with Gasteiger partial charge in [-0.2, -0.15) is 4.31 Å². The van der Waals surface area contributed by atoms with Crippen molar-refractivity contribution in [2.45, 2.75) is 30.8 Å². The predicted octanol–water partition coefficient (Wildman–Crippen LogP) is 1.52. The van der Waals surface area contributed by atoms with Gasteiger partial charge in [-0.1, -0.05) is 6.07 Å². The Bertz CT molecular complexity index is 990. The molecule has 27 heavy (non-hydrogen) atoms. The molecule has 0 aliphatic carbocycles. The van der Waals surface area contributed by atoms with Crippen molar-refractivity contribution in [2.24, 2.45) is 0 Å². The number of fused-ring (bicyclic) bond motifs is 1. The molecule has 0 unspecified atom stereocenters. The smallest absolute Gasteiger partial charge is 0.251 e. The van der Waals surface area contributed by atoms with E-state index in [0.717, 1.165) is 11.3 Å². The fourth-order valence-corrected chi connectivity index (χ4v) is 5.00. The maximum atomic E-state index is 13.0. The molecule has 3 heterocycles. The molecule has 8 heteroatoms. The third kappa shape index (κ3) is 3.42. The topological polar surface area (TPSA) is 88.6 Å². The minimum atomic E-state index is -3.67. The normalized spacial score (nSPS) is 20.2. The standard InChI is InChI=1S/C19H21N3O4S/c1-13-18(3-2-8-20-13)26-15-7-10-22(12-15)27(24,25)16-5-4-14-6-9-21-19(23)17(14)11-16/h2-5,8,11,15H,6-7,9-10,12H2,1H3,(H,21,23)/t15-/m1/s1. The molecule has 0 saturated carbocycles. The van der Waals surface area contributed by atoms with E-state index in [1.807, 2.05) is 13.0 Å². The molecule has 142 valence electrons. The Hall–Kier alpha value is -2.45. The lowest BCUT2D eigenvalue weighted by atomic mass is 10.0. The molecule has 2 aliphatic rings. The van der Waals surface area contributed by atoms with Crippen molar-refractivity contribution in [3.63, 3.8) is 0 Å². The van der Waals surface area contributed by atoms with E-state index in [4.69, 9.17) is 4.74 Å². The van der Waals surface area contributed by atoms with Crippen molar-refractivity contribution < 1.29 is 17.9 Å². The molecule has 0 radical (unpaired) electrons. The Kier molecular flexibility index (Phi) is 4.61. The minimum Gasteiger partial charge on any atom is -0.487 e. The van der Waals surface area contributed by atoms with Crippen molar-refractivity contribution in [3.05, 3.63) is 53.3 Å². The molecular weight excluding hydrogens is 366 g/mol. The van der Waals surface area contributed by atoms with E-state index in [9.17, 15) is 13.2 Å². The van der Waals surface area contributed by atoms with Crippen molar-refractivity contribution in [2.75, 3.05) is 19.6 Å². The molecule has 1 N–H and O–H groups in total. The lowest BCUT2D eigenvalue weighted by Gasteiger charge is -2.20. The van der Waals surface area contributed by atoms with Gasteiger partial charge in [-0.3, -0.25) is 9.78 Å². The van der Waals surface area contributed by atoms with Gasteiger partial charge in [0.15, 0.2) is 0 Å². The van der Waals surface area contributed by atoms with Gasteiger partial charge in [-0.05, 0) is 49.6 Å². The zero-order valence-corrected chi connectivity index (χ0v) is 15.8. The van der Waals surface area contributed by atoms with Crippen LogP contribution >= 0.6 is 0 Å². The number of sulfonamides is 1. The van der Waals surface area contributed by atoms with Gasteiger partial charge >= 0.3 is 0 Å². The number of aryl methyl sites for hydroxylation is 1. The summed E-state index contributed by atoms with van der Waals surface area (Å²) >= 11 is 0. The first-order chi connectivity index (χ1) is 12.9. The van der Waals surface area contributed by atoms with Crippen molar-refractivity contribution in [1.82, 2.24) is 14.6 Å². The second-order valence-electron chi connectivity index (χ2n) is 6.80. The van der Waals surface area contributed by atoms with Crippen LogP contribution in [0.2, 0.25) is 0 Å². The lowest BCUT2D eigenvalue weighted by Crippen LogP contribution is -2.33. The number of nitrogens with one attached hydrogen (secondary N) is 1. The summed E-state index contributed by atoms with van der Waals surface area (Å²) in [5.41, 5.74) is 2.10. The van der Waals surface area contributed by atoms with Gasteiger partial charge < -0.3 is 10.1 Å². The fraction of sp³-hybridized carbons (Fsp3) is 0.368. The quantitative estimate of drug-likeness (QED) is 0.859. The van der Waals surface area contributed by atoms with E-state index >= 15 is 0 Å². The molecule has 1 atom stereocenters. The van der Waals surface area contributed by atoms with Gasteiger partial charge in [0.25, 0.3) is 5.91 Å². The second-order valence-corrected chi connectivity index (χ2v) is 8.74. The summed E-state index contributed by atoms with van der Waals surface area (Å²) in [5.74, 6) is 0.454. The zero-order valence-electron chi connectivity index (χ0n) is 15.0.